The summed E-state index contributed by atoms with van der Waals surface area (Å²) in [5.41, 5.74) is 3.70. The molecule has 0 unspecified atom stereocenters. The van der Waals surface area contributed by atoms with E-state index in [1.165, 1.54) is 0 Å². The van der Waals surface area contributed by atoms with Crippen molar-refractivity contribution < 1.29 is 4.74 Å². The molecule has 0 bridgehead atoms. The molecule has 5 nitrogen and oxygen atoms in total. The molecular formula is C20H21N3O2. The molecule has 25 heavy (non-hydrogen) atoms. The highest BCUT2D eigenvalue weighted by Gasteiger charge is 2.18. The third-order valence-electron chi connectivity index (χ3n) is 3.97. The number of nitrogens with one attached hydrogen (secondary N) is 1. The molecule has 5 heteroatoms. The second-order valence-electron chi connectivity index (χ2n) is 5.66. The first-order valence-corrected chi connectivity index (χ1v) is 8.18. The molecule has 3 aromatic rings. The number of hydrogen-bond acceptors (Lipinski definition) is 3. The SMILES string of the molecule is COCCN=C(C)c1c(-c2ccccc2)[nH]n(-c2ccccc2)c1=O. The molecule has 128 valence electrons. The molecule has 0 spiro atoms. The summed E-state index contributed by atoms with van der Waals surface area (Å²) in [6, 6.07) is 19.3. The average Bonchev–Trinajstić information content (AvgIpc) is 3.00. The minimum absolute atomic E-state index is 0.108. The molecule has 0 amide bonds. The number of benzene rings is 2. The number of aliphatic imine (C=N–C) groups is 1. The number of methoxy groups -OCH3 is 1. The summed E-state index contributed by atoms with van der Waals surface area (Å²) in [6.07, 6.45) is 0. The topological polar surface area (TPSA) is 59.4 Å². The van der Waals surface area contributed by atoms with Gasteiger partial charge in [-0.1, -0.05) is 48.5 Å². The summed E-state index contributed by atoms with van der Waals surface area (Å²) < 4.78 is 6.61. The van der Waals surface area contributed by atoms with Crippen LogP contribution in [0.15, 0.2) is 70.5 Å². The summed E-state index contributed by atoms with van der Waals surface area (Å²) >= 11 is 0. The predicted octanol–water partition coefficient (Wildman–Crippen LogP) is 3.29. The summed E-state index contributed by atoms with van der Waals surface area (Å²) in [6.45, 7) is 2.91. The predicted molar refractivity (Wildman–Crippen MR) is 101 cm³/mol. The van der Waals surface area contributed by atoms with Crippen molar-refractivity contribution in [2.75, 3.05) is 20.3 Å². The van der Waals surface area contributed by atoms with Gasteiger partial charge in [0.25, 0.3) is 5.56 Å². The third kappa shape index (κ3) is 3.61. The molecule has 0 radical (unpaired) electrons. The molecule has 1 N–H and O–H groups in total. The molecule has 0 saturated heterocycles. The van der Waals surface area contributed by atoms with Crippen molar-refractivity contribution >= 4 is 5.71 Å². The zero-order valence-electron chi connectivity index (χ0n) is 14.4. The lowest BCUT2D eigenvalue weighted by Crippen LogP contribution is -2.20. The zero-order chi connectivity index (χ0) is 17.6. The van der Waals surface area contributed by atoms with Crippen molar-refractivity contribution in [3.8, 4) is 16.9 Å². The lowest BCUT2D eigenvalue weighted by molar-refractivity contribution is 0.208. The Labute approximate surface area is 146 Å². The van der Waals surface area contributed by atoms with E-state index in [4.69, 9.17) is 4.74 Å². The Kier molecular flexibility index (Phi) is 5.26. The molecule has 1 aromatic heterocycles. The molecule has 2 aromatic carbocycles. The van der Waals surface area contributed by atoms with E-state index >= 15 is 0 Å². The second kappa shape index (κ2) is 7.77. The number of aromatic amines is 1. The average molecular weight is 335 g/mol. The molecule has 0 aliphatic carbocycles. The Morgan fingerprint density at radius 3 is 2.36 bits per heavy atom. The Hall–Kier alpha value is -2.92. The molecule has 1 heterocycles. The van der Waals surface area contributed by atoms with Gasteiger partial charge in [-0.05, 0) is 19.1 Å². The fourth-order valence-corrected chi connectivity index (χ4v) is 2.73. The number of rotatable bonds is 6. The van der Waals surface area contributed by atoms with Gasteiger partial charge in [0.05, 0.1) is 30.1 Å². The quantitative estimate of drug-likeness (QED) is 0.555. The van der Waals surface area contributed by atoms with Crippen LogP contribution in [0.5, 0.6) is 0 Å². The van der Waals surface area contributed by atoms with Crippen LogP contribution < -0.4 is 5.56 Å². The van der Waals surface area contributed by atoms with E-state index in [-0.39, 0.29) is 5.56 Å². The summed E-state index contributed by atoms with van der Waals surface area (Å²) in [4.78, 5) is 17.6. The van der Waals surface area contributed by atoms with Crippen molar-refractivity contribution in [1.82, 2.24) is 9.78 Å². The minimum Gasteiger partial charge on any atom is -0.383 e. The number of hydrogen-bond donors (Lipinski definition) is 1. The summed E-state index contributed by atoms with van der Waals surface area (Å²) in [5, 5.41) is 3.25. The zero-order valence-corrected chi connectivity index (χ0v) is 14.4. The van der Waals surface area contributed by atoms with Crippen LogP contribution in [0.4, 0.5) is 0 Å². The van der Waals surface area contributed by atoms with Gasteiger partial charge in [-0.2, -0.15) is 0 Å². The molecule has 3 rings (SSSR count). The molecule has 0 fully saturated rings. The van der Waals surface area contributed by atoms with Crippen LogP contribution in [0, 0.1) is 0 Å². The highest BCUT2D eigenvalue weighted by atomic mass is 16.5. The van der Waals surface area contributed by atoms with Crippen molar-refractivity contribution in [3.63, 3.8) is 0 Å². The van der Waals surface area contributed by atoms with E-state index in [0.717, 1.165) is 16.9 Å². The highest BCUT2D eigenvalue weighted by molar-refractivity contribution is 6.03. The smallest absolute Gasteiger partial charge is 0.280 e. The Morgan fingerprint density at radius 2 is 1.72 bits per heavy atom. The fourth-order valence-electron chi connectivity index (χ4n) is 2.73. The molecule has 0 atom stereocenters. The van der Waals surface area contributed by atoms with Gasteiger partial charge in [0.2, 0.25) is 0 Å². The van der Waals surface area contributed by atoms with Gasteiger partial charge in [0.15, 0.2) is 0 Å². The number of ether oxygens (including phenoxy) is 1. The lowest BCUT2D eigenvalue weighted by atomic mass is 10.1. The van der Waals surface area contributed by atoms with E-state index in [1.54, 1.807) is 11.8 Å². The number of nitrogens with zero attached hydrogens (tertiary/aromatic N) is 2. The van der Waals surface area contributed by atoms with E-state index in [2.05, 4.69) is 10.1 Å². The van der Waals surface area contributed by atoms with Crippen LogP contribution in [-0.4, -0.2) is 35.8 Å². The first kappa shape index (κ1) is 16.9. The maximum Gasteiger partial charge on any atom is 0.280 e. The summed E-state index contributed by atoms with van der Waals surface area (Å²) in [5.74, 6) is 0. The Morgan fingerprint density at radius 1 is 1.08 bits per heavy atom. The van der Waals surface area contributed by atoms with E-state index in [0.29, 0.717) is 24.4 Å². The molecule has 0 saturated carbocycles. The minimum atomic E-state index is -0.108. The van der Waals surface area contributed by atoms with Crippen molar-refractivity contribution in [3.05, 3.63) is 76.6 Å². The van der Waals surface area contributed by atoms with Crippen LogP contribution in [-0.2, 0) is 4.74 Å². The molecular weight excluding hydrogens is 314 g/mol. The lowest BCUT2D eigenvalue weighted by Gasteiger charge is -2.03. The van der Waals surface area contributed by atoms with Crippen molar-refractivity contribution in [2.45, 2.75) is 6.92 Å². The van der Waals surface area contributed by atoms with Gasteiger partial charge in [-0.25, -0.2) is 4.68 Å². The van der Waals surface area contributed by atoms with Gasteiger partial charge < -0.3 is 4.74 Å². The normalized spacial score (nSPS) is 11.7. The number of H-pyrrole nitrogens is 1. The number of para-hydroxylation sites is 1. The summed E-state index contributed by atoms with van der Waals surface area (Å²) in [7, 11) is 1.64. The molecule has 0 aliphatic heterocycles. The molecule has 0 aliphatic rings. The largest absolute Gasteiger partial charge is 0.383 e. The standard InChI is InChI=1S/C20H21N3O2/c1-15(21-13-14-25-2)18-19(16-9-5-3-6-10-16)22-23(20(18)24)17-11-7-4-8-12-17/h3-12,22H,13-14H2,1-2H3. The van der Waals surface area contributed by atoms with Gasteiger partial charge in [-0.15, -0.1) is 0 Å². The van der Waals surface area contributed by atoms with Crippen LogP contribution in [0.2, 0.25) is 0 Å². The van der Waals surface area contributed by atoms with Crippen LogP contribution in [0.25, 0.3) is 16.9 Å². The highest BCUT2D eigenvalue weighted by Crippen LogP contribution is 2.21. The fraction of sp³-hybridized carbons (Fsp3) is 0.200. The third-order valence-corrected chi connectivity index (χ3v) is 3.97. The van der Waals surface area contributed by atoms with E-state index in [9.17, 15) is 4.79 Å². The second-order valence-corrected chi connectivity index (χ2v) is 5.66. The Balaban J connectivity index is 2.16. The van der Waals surface area contributed by atoms with Gasteiger partial charge in [0, 0.05) is 18.4 Å². The van der Waals surface area contributed by atoms with Gasteiger partial charge in [-0.3, -0.25) is 14.9 Å². The van der Waals surface area contributed by atoms with Crippen LogP contribution in [0.1, 0.15) is 12.5 Å². The van der Waals surface area contributed by atoms with Crippen molar-refractivity contribution in [2.24, 2.45) is 4.99 Å². The van der Waals surface area contributed by atoms with E-state index in [1.807, 2.05) is 67.6 Å². The maximum absolute atomic E-state index is 13.1. The monoisotopic (exact) mass is 335 g/mol. The number of aromatic nitrogens is 2. The van der Waals surface area contributed by atoms with Crippen molar-refractivity contribution in [1.29, 1.82) is 0 Å². The Bertz CT molecular complexity index is 909. The maximum atomic E-state index is 13.1. The first-order valence-electron chi connectivity index (χ1n) is 8.18. The van der Waals surface area contributed by atoms with Crippen LogP contribution in [0.3, 0.4) is 0 Å². The van der Waals surface area contributed by atoms with Crippen LogP contribution >= 0.6 is 0 Å². The van der Waals surface area contributed by atoms with E-state index < -0.39 is 0 Å². The van der Waals surface area contributed by atoms with Gasteiger partial charge in [0.1, 0.15) is 0 Å². The first-order chi connectivity index (χ1) is 12.2. The van der Waals surface area contributed by atoms with Gasteiger partial charge >= 0.3 is 0 Å².